The lowest BCUT2D eigenvalue weighted by Gasteiger charge is -2.21. The predicted octanol–water partition coefficient (Wildman–Crippen LogP) is 0.467. The van der Waals surface area contributed by atoms with Crippen molar-refractivity contribution in [2.24, 2.45) is 5.92 Å². The normalized spacial score (nSPS) is 17.3. The second-order valence-corrected chi connectivity index (χ2v) is 5.97. The molecule has 0 saturated heterocycles. The van der Waals surface area contributed by atoms with Crippen LogP contribution < -0.4 is 9.50 Å². The number of carbonyl (C=O) groups is 1. The lowest BCUT2D eigenvalue weighted by molar-refractivity contribution is -0.120. The first-order valence-corrected chi connectivity index (χ1v) is 7.99. The van der Waals surface area contributed by atoms with E-state index in [1.54, 1.807) is 10.9 Å². The fourth-order valence-corrected chi connectivity index (χ4v) is 2.69. The monoisotopic (exact) mass is 341 g/mol. The molecule has 3 heterocycles. The zero-order chi connectivity index (χ0) is 16.4. The summed E-state index contributed by atoms with van der Waals surface area (Å²) >= 11 is 0. The number of pyridine rings is 1. The van der Waals surface area contributed by atoms with Crippen molar-refractivity contribution in [3.63, 3.8) is 0 Å². The van der Waals surface area contributed by atoms with Gasteiger partial charge < -0.3 is 9.50 Å². The van der Waals surface area contributed by atoms with E-state index in [2.05, 4.69) is 24.8 Å². The molecule has 0 aliphatic carbocycles. The van der Waals surface area contributed by atoms with E-state index in [-0.39, 0.29) is 23.3 Å². The SMILES string of the molecule is O=C(Nc1cncc(OS(=O)(=O)F)c1)C1CCn2nncc2C1. The molecule has 2 aromatic rings. The Kier molecular flexibility index (Phi) is 3.94. The molecule has 122 valence electrons. The first-order valence-electron chi connectivity index (χ1n) is 6.68. The number of halogens is 1. The number of hydrogen-bond donors (Lipinski definition) is 1. The number of aryl methyl sites for hydroxylation is 1. The third kappa shape index (κ3) is 3.80. The number of amides is 1. The maximum absolute atomic E-state index is 12.5. The molecule has 1 atom stereocenters. The van der Waals surface area contributed by atoms with Crippen LogP contribution in [0.4, 0.5) is 9.57 Å². The Balaban J connectivity index is 1.68. The van der Waals surface area contributed by atoms with Crippen molar-refractivity contribution < 1.29 is 21.3 Å². The molecule has 0 spiro atoms. The summed E-state index contributed by atoms with van der Waals surface area (Å²) in [6.45, 7) is 0.592. The van der Waals surface area contributed by atoms with Gasteiger partial charge in [-0.15, -0.1) is 5.10 Å². The Hall–Kier alpha value is -2.56. The van der Waals surface area contributed by atoms with Crippen molar-refractivity contribution in [3.8, 4) is 5.75 Å². The summed E-state index contributed by atoms with van der Waals surface area (Å²) in [6.07, 6.45) is 5.05. The summed E-state index contributed by atoms with van der Waals surface area (Å²) in [7, 11) is -5.14. The number of carbonyl (C=O) groups excluding carboxylic acids is 1. The van der Waals surface area contributed by atoms with Gasteiger partial charge in [-0.25, -0.2) is 4.68 Å². The second-order valence-electron chi connectivity index (χ2n) is 5.01. The van der Waals surface area contributed by atoms with Gasteiger partial charge >= 0.3 is 10.5 Å². The van der Waals surface area contributed by atoms with Crippen LogP contribution in [0.5, 0.6) is 5.75 Å². The van der Waals surface area contributed by atoms with Crippen molar-refractivity contribution in [1.82, 2.24) is 20.0 Å². The summed E-state index contributed by atoms with van der Waals surface area (Å²) in [6, 6.07) is 1.18. The molecule has 0 radical (unpaired) electrons. The smallest absolute Gasteiger partial charge is 0.357 e. The van der Waals surface area contributed by atoms with E-state index in [1.807, 2.05) is 0 Å². The molecule has 0 bridgehead atoms. The first-order chi connectivity index (χ1) is 10.9. The average molecular weight is 341 g/mol. The van der Waals surface area contributed by atoms with Crippen LogP contribution in [0.1, 0.15) is 12.1 Å². The van der Waals surface area contributed by atoms with Gasteiger partial charge in [0, 0.05) is 24.9 Å². The number of rotatable bonds is 4. The Morgan fingerprint density at radius 2 is 2.22 bits per heavy atom. The molecule has 3 rings (SSSR count). The third-order valence-electron chi connectivity index (χ3n) is 3.39. The number of anilines is 1. The summed E-state index contributed by atoms with van der Waals surface area (Å²) in [4.78, 5) is 16.0. The molecule has 2 aromatic heterocycles. The van der Waals surface area contributed by atoms with Crippen LogP contribution in [0.25, 0.3) is 0 Å². The molecule has 0 saturated carbocycles. The van der Waals surface area contributed by atoms with Gasteiger partial charge in [-0.2, -0.15) is 8.42 Å². The summed E-state index contributed by atoms with van der Waals surface area (Å²) in [5.74, 6) is -0.841. The van der Waals surface area contributed by atoms with Crippen molar-refractivity contribution in [1.29, 1.82) is 0 Å². The topological polar surface area (TPSA) is 116 Å². The molecule has 9 nitrogen and oxygen atoms in total. The van der Waals surface area contributed by atoms with Gasteiger partial charge in [0.05, 0.1) is 30.0 Å². The fourth-order valence-electron chi connectivity index (χ4n) is 2.37. The van der Waals surface area contributed by atoms with Crippen molar-refractivity contribution in [2.75, 3.05) is 5.32 Å². The quantitative estimate of drug-likeness (QED) is 0.803. The number of aromatic nitrogens is 4. The minimum atomic E-state index is -5.14. The number of hydrogen-bond acceptors (Lipinski definition) is 7. The standard InChI is InChI=1S/C12H12FN5O4S/c13-23(20,21)22-11-4-9(5-14-7-11)16-12(19)8-1-2-18-10(3-8)6-15-17-18/h4-8H,1-3H2,(H,16,19). The Morgan fingerprint density at radius 1 is 1.39 bits per heavy atom. The van der Waals surface area contributed by atoms with Gasteiger partial charge in [-0.05, 0) is 6.42 Å². The number of fused-ring (bicyclic) bond motifs is 1. The Bertz CT molecular complexity index is 837. The zero-order valence-corrected chi connectivity index (χ0v) is 12.5. The van der Waals surface area contributed by atoms with Crippen molar-refractivity contribution in [3.05, 3.63) is 30.4 Å². The maximum Gasteiger partial charge on any atom is 0.488 e. The van der Waals surface area contributed by atoms with Crippen LogP contribution in [0.15, 0.2) is 24.7 Å². The highest BCUT2D eigenvalue weighted by Gasteiger charge is 2.25. The van der Waals surface area contributed by atoms with Crippen LogP contribution >= 0.6 is 0 Å². The predicted molar refractivity (Wildman–Crippen MR) is 75.4 cm³/mol. The highest BCUT2D eigenvalue weighted by molar-refractivity contribution is 7.81. The summed E-state index contributed by atoms with van der Waals surface area (Å²) in [5, 5.41) is 10.3. The van der Waals surface area contributed by atoms with E-state index in [9.17, 15) is 17.1 Å². The van der Waals surface area contributed by atoms with Crippen LogP contribution in [-0.4, -0.2) is 34.3 Å². The summed E-state index contributed by atoms with van der Waals surface area (Å²) in [5.41, 5.74) is 1.09. The number of nitrogens with one attached hydrogen (secondary N) is 1. The highest BCUT2D eigenvalue weighted by Crippen LogP contribution is 2.22. The van der Waals surface area contributed by atoms with E-state index in [4.69, 9.17) is 0 Å². The molecule has 23 heavy (non-hydrogen) atoms. The van der Waals surface area contributed by atoms with Gasteiger partial charge in [-0.1, -0.05) is 9.10 Å². The first kappa shape index (κ1) is 15.3. The minimum Gasteiger partial charge on any atom is -0.357 e. The van der Waals surface area contributed by atoms with Crippen molar-refractivity contribution >= 4 is 22.1 Å². The largest absolute Gasteiger partial charge is 0.488 e. The molecule has 11 heteroatoms. The highest BCUT2D eigenvalue weighted by atomic mass is 32.3. The van der Waals surface area contributed by atoms with E-state index in [0.29, 0.717) is 19.4 Å². The van der Waals surface area contributed by atoms with Gasteiger partial charge in [0.25, 0.3) is 0 Å². The van der Waals surface area contributed by atoms with Crippen LogP contribution in [0.3, 0.4) is 0 Å². The molecular formula is C12H12FN5O4S. The maximum atomic E-state index is 12.5. The Labute approximate surface area is 130 Å². The molecule has 1 amide bonds. The number of nitrogens with zero attached hydrogens (tertiary/aromatic N) is 4. The van der Waals surface area contributed by atoms with E-state index in [0.717, 1.165) is 11.9 Å². The summed E-state index contributed by atoms with van der Waals surface area (Å²) < 4.78 is 39.2. The van der Waals surface area contributed by atoms with E-state index < -0.39 is 10.5 Å². The Morgan fingerprint density at radius 3 is 3.00 bits per heavy atom. The second kappa shape index (κ2) is 5.91. The van der Waals surface area contributed by atoms with Gasteiger partial charge in [0.15, 0.2) is 5.75 Å². The van der Waals surface area contributed by atoms with Gasteiger partial charge in [0.2, 0.25) is 5.91 Å². The lowest BCUT2D eigenvalue weighted by Crippen LogP contribution is -2.30. The molecular weight excluding hydrogens is 329 g/mol. The molecule has 1 aliphatic heterocycles. The third-order valence-corrected chi connectivity index (χ3v) is 3.78. The molecule has 1 aliphatic rings. The van der Waals surface area contributed by atoms with E-state index in [1.165, 1.54) is 12.3 Å². The molecule has 0 aromatic carbocycles. The van der Waals surface area contributed by atoms with Crippen LogP contribution in [0, 0.1) is 5.92 Å². The van der Waals surface area contributed by atoms with Crippen LogP contribution in [-0.2, 0) is 28.3 Å². The minimum absolute atomic E-state index is 0.216. The van der Waals surface area contributed by atoms with Crippen molar-refractivity contribution in [2.45, 2.75) is 19.4 Å². The average Bonchev–Trinajstić information content (AvgIpc) is 2.93. The van der Waals surface area contributed by atoms with Gasteiger partial charge in [-0.3, -0.25) is 9.78 Å². The molecule has 1 unspecified atom stereocenters. The fraction of sp³-hybridized carbons (Fsp3) is 0.333. The van der Waals surface area contributed by atoms with E-state index >= 15 is 0 Å². The molecule has 0 fully saturated rings. The van der Waals surface area contributed by atoms with Crippen LogP contribution in [0.2, 0.25) is 0 Å². The van der Waals surface area contributed by atoms with Gasteiger partial charge in [0.1, 0.15) is 0 Å². The molecule has 1 N–H and O–H groups in total. The lowest BCUT2D eigenvalue weighted by atomic mass is 9.95. The zero-order valence-electron chi connectivity index (χ0n) is 11.7.